The molecule has 4 nitrogen and oxygen atoms in total. The van der Waals surface area contributed by atoms with E-state index in [0.717, 1.165) is 6.07 Å². The minimum absolute atomic E-state index is 0.0492. The fourth-order valence-electron chi connectivity index (χ4n) is 2.00. The van der Waals surface area contributed by atoms with E-state index in [9.17, 15) is 14.3 Å². The summed E-state index contributed by atoms with van der Waals surface area (Å²) in [5.41, 5.74) is 0.646. The fraction of sp³-hybridized carbons (Fsp3) is 0.500. The van der Waals surface area contributed by atoms with Crippen molar-refractivity contribution in [2.24, 2.45) is 0 Å². The van der Waals surface area contributed by atoms with Gasteiger partial charge in [0.15, 0.2) is 0 Å². The van der Waals surface area contributed by atoms with Crippen molar-refractivity contribution in [2.45, 2.75) is 20.4 Å². The normalized spacial score (nSPS) is 10.8. The first-order valence-corrected chi connectivity index (χ1v) is 6.41. The van der Waals surface area contributed by atoms with Gasteiger partial charge >= 0.3 is 0 Å². The quantitative estimate of drug-likeness (QED) is 0.856. The molecule has 0 aliphatic rings. The number of amides is 1. The summed E-state index contributed by atoms with van der Waals surface area (Å²) < 4.78 is 13.1. The number of hydrogen-bond acceptors (Lipinski definition) is 3. The molecule has 0 aliphatic heterocycles. The van der Waals surface area contributed by atoms with E-state index in [-0.39, 0.29) is 18.2 Å². The van der Waals surface area contributed by atoms with Crippen molar-refractivity contribution in [3.63, 3.8) is 0 Å². The van der Waals surface area contributed by atoms with Gasteiger partial charge in [-0.3, -0.25) is 9.69 Å². The number of rotatable bonds is 6. The van der Waals surface area contributed by atoms with Crippen LogP contribution in [0.3, 0.4) is 0 Å². The Morgan fingerprint density at radius 1 is 1.26 bits per heavy atom. The molecule has 1 aromatic carbocycles. The second-order valence-electron chi connectivity index (χ2n) is 4.56. The summed E-state index contributed by atoms with van der Waals surface area (Å²) in [5.74, 6) is -0.523. The molecule has 1 amide bonds. The largest absolute Gasteiger partial charge is 0.508 e. The number of carbonyl (C=O) groups excluding carboxylic acids is 1. The van der Waals surface area contributed by atoms with Crippen molar-refractivity contribution in [2.75, 3.05) is 26.7 Å². The first-order valence-electron chi connectivity index (χ1n) is 6.41. The molecule has 0 aromatic heterocycles. The van der Waals surface area contributed by atoms with E-state index in [1.165, 1.54) is 12.1 Å². The van der Waals surface area contributed by atoms with E-state index in [0.29, 0.717) is 25.2 Å². The maximum atomic E-state index is 13.1. The van der Waals surface area contributed by atoms with E-state index in [4.69, 9.17) is 0 Å². The summed E-state index contributed by atoms with van der Waals surface area (Å²) in [6, 6.07) is 3.92. The van der Waals surface area contributed by atoms with Crippen LogP contribution in [0.4, 0.5) is 4.39 Å². The number of phenolic OH excluding ortho intramolecular Hbond substituents is 1. The molecule has 0 spiro atoms. The zero-order chi connectivity index (χ0) is 14.4. The standard InChI is InChI=1S/C14H21FN2O2/c1-4-17(5-2)14(19)10-16(3)9-11-6-12(15)8-13(18)7-11/h6-8,18H,4-5,9-10H2,1-3H3. The molecule has 1 N–H and O–H groups in total. The van der Waals surface area contributed by atoms with Crippen LogP contribution < -0.4 is 0 Å². The summed E-state index contributed by atoms with van der Waals surface area (Å²) in [7, 11) is 1.79. The molecule has 0 atom stereocenters. The number of aromatic hydroxyl groups is 1. The highest BCUT2D eigenvalue weighted by atomic mass is 19.1. The zero-order valence-electron chi connectivity index (χ0n) is 11.7. The lowest BCUT2D eigenvalue weighted by Gasteiger charge is -2.23. The smallest absolute Gasteiger partial charge is 0.236 e. The van der Waals surface area contributed by atoms with E-state index in [1.54, 1.807) is 16.8 Å². The highest BCUT2D eigenvalue weighted by Crippen LogP contribution is 2.15. The Balaban J connectivity index is 2.59. The number of likely N-dealkylation sites (N-methyl/N-ethyl adjacent to an activating group) is 2. The van der Waals surface area contributed by atoms with Crippen molar-refractivity contribution in [3.8, 4) is 5.75 Å². The molecule has 0 heterocycles. The molecule has 0 unspecified atom stereocenters. The van der Waals surface area contributed by atoms with Crippen molar-refractivity contribution in [3.05, 3.63) is 29.6 Å². The molecular formula is C14H21FN2O2. The fourth-order valence-corrected chi connectivity index (χ4v) is 2.00. The Hall–Kier alpha value is -1.62. The van der Waals surface area contributed by atoms with Crippen molar-refractivity contribution >= 4 is 5.91 Å². The van der Waals surface area contributed by atoms with Crippen LogP contribution in [0.2, 0.25) is 0 Å². The summed E-state index contributed by atoms with van der Waals surface area (Å²) in [5, 5.41) is 9.32. The molecule has 0 bridgehead atoms. The predicted molar refractivity (Wildman–Crippen MR) is 72.3 cm³/mol. The lowest BCUT2D eigenvalue weighted by atomic mass is 10.2. The highest BCUT2D eigenvalue weighted by molar-refractivity contribution is 5.78. The van der Waals surface area contributed by atoms with Crippen molar-refractivity contribution in [1.29, 1.82) is 0 Å². The van der Waals surface area contributed by atoms with Gasteiger partial charge < -0.3 is 10.0 Å². The monoisotopic (exact) mass is 268 g/mol. The zero-order valence-corrected chi connectivity index (χ0v) is 11.7. The minimum Gasteiger partial charge on any atom is -0.508 e. The van der Waals surface area contributed by atoms with E-state index >= 15 is 0 Å². The number of nitrogens with zero attached hydrogens (tertiary/aromatic N) is 2. The molecule has 106 valence electrons. The van der Waals surface area contributed by atoms with Gasteiger partial charge in [-0.25, -0.2) is 4.39 Å². The van der Waals surface area contributed by atoms with Crippen LogP contribution in [0.25, 0.3) is 0 Å². The average Bonchev–Trinajstić information content (AvgIpc) is 2.28. The summed E-state index contributed by atoms with van der Waals surface area (Å²) in [6.45, 7) is 5.93. The Morgan fingerprint density at radius 3 is 2.42 bits per heavy atom. The lowest BCUT2D eigenvalue weighted by molar-refractivity contribution is -0.131. The number of phenols is 1. The van der Waals surface area contributed by atoms with E-state index in [1.807, 2.05) is 13.8 Å². The van der Waals surface area contributed by atoms with Crippen LogP contribution in [-0.2, 0) is 11.3 Å². The van der Waals surface area contributed by atoms with Gasteiger partial charge in [0.2, 0.25) is 5.91 Å². The molecular weight excluding hydrogens is 247 g/mol. The van der Waals surface area contributed by atoms with Gasteiger partial charge in [-0.05, 0) is 38.6 Å². The van der Waals surface area contributed by atoms with Crippen molar-refractivity contribution in [1.82, 2.24) is 9.80 Å². The third-order valence-corrected chi connectivity index (χ3v) is 2.92. The molecule has 0 radical (unpaired) electrons. The molecule has 0 aliphatic carbocycles. The van der Waals surface area contributed by atoms with Crippen LogP contribution >= 0.6 is 0 Å². The Morgan fingerprint density at radius 2 is 1.89 bits per heavy atom. The summed E-state index contributed by atoms with van der Waals surface area (Å²) >= 11 is 0. The van der Waals surface area contributed by atoms with Crippen LogP contribution in [-0.4, -0.2) is 47.5 Å². The predicted octanol–water partition coefficient (Wildman–Crippen LogP) is 1.83. The molecule has 1 rings (SSSR count). The van der Waals surface area contributed by atoms with Gasteiger partial charge in [-0.2, -0.15) is 0 Å². The first kappa shape index (κ1) is 15.4. The van der Waals surface area contributed by atoms with Gasteiger partial charge in [-0.1, -0.05) is 0 Å². The molecule has 1 aromatic rings. The lowest BCUT2D eigenvalue weighted by Crippen LogP contribution is -2.38. The van der Waals surface area contributed by atoms with E-state index < -0.39 is 5.82 Å². The van der Waals surface area contributed by atoms with Crippen LogP contribution in [0, 0.1) is 5.82 Å². The van der Waals surface area contributed by atoms with Crippen LogP contribution in [0.5, 0.6) is 5.75 Å². The van der Waals surface area contributed by atoms with E-state index in [2.05, 4.69) is 0 Å². The highest BCUT2D eigenvalue weighted by Gasteiger charge is 2.13. The number of carbonyl (C=O) groups is 1. The summed E-state index contributed by atoms with van der Waals surface area (Å²) in [4.78, 5) is 15.5. The second kappa shape index (κ2) is 7.09. The Kier molecular flexibility index (Phi) is 5.76. The summed E-state index contributed by atoms with van der Waals surface area (Å²) in [6.07, 6.45) is 0. The minimum atomic E-state index is -0.474. The maximum Gasteiger partial charge on any atom is 0.236 e. The topological polar surface area (TPSA) is 43.8 Å². The number of hydrogen-bond donors (Lipinski definition) is 1. The molecule has 19 heavy (non-hydrogen) atoms. The maximum absolute atomic E-state index is 13.1. The second-order valence-corrected chi connectivity index (χ2v) is 4.56. The Bertz CT molecular complexity index is 413. The van der Waals surface area contributed by atoms with Gasteiger partial charge in [0.1, 0.15) is 11.6 Å². The van der Waals surface area contributed by atoms with Gasteiger partial charge in [-0.15, -0.1) is 0 Å². The molecule has 0 saturated heterocycles. The third-order valence-electron chi connectivity index (χ3n) is 2.92. The SMILES string of the molecule is CCN(CC)C(=O)CN(C)Cc1cc(O)cc(F)c1. The third kappa shape index (κ3) is 4.87. The van der Waals surface area contributed by atoms with Crippen molar-refractivity contribution < 1.29 is 14.3 Å². The molecule has 5 heteroatoms. The number of halogens is 1. The Labute approximate surface area is 113 Å². The van der Waals surface area contributed by atoms with Crippen LogP contribution in [0.15, 0.2) is 18.2 Å². The van der Waals surface area contributed by atoms with Gasteiger partial charge in [0.25, 0.3) is 0 Å². The average molecular weight is 268 g/mol. The molecule has 0 saturated carbocycles. The van der Waals surface area contributed by atoms with Crippen LogP contribution in [0.1, 0.15) is 19.4 Å². The van der Waals surface area contributed by atoms with Gasteiger partial charge in [0, 0.05) is 25.7 Å². The van der Waals surface area contributed by atoms with Gasteiger partial charge in [0.05, 0.1) is 6.54 Å². The molecule has 0 fully saturated rings. The first-order chi connectivity index (χ1) is 8.96. The number of benzene rings is 1.